The summed E-state index contributed by atoms with van der Waals surface area (Å²) in [6.45, 7) is 10.1. The summed E-state index contributed by atoms with van der Waals surface area (Å²) in [5.74, 6) is -3.84. The van der Waals surface area contributed by atoms with Crippen molar-refractivity contribution >= 4 is 78.3 Å². The largest absolute Gasteiger partial charge is 0.464 e. The molecular weight excluding hydrogens is 971 g/mol. The molecule has 4 unspecified atom stereocenters. The number of unbranched alkanes of at least 4 members (excludes halogenated alkanes) is 2. The maximum atomic E-state index is 14.3. The number of likely N-dealkylation sites (N-methyl/N-ethyl adjacent to an activating group) is 1. The van der Waals surface area contributed by atoms with Crippen LogP contribution in [-0.2, 0) is 59.6 Å². The number of fused-ring (bicyclic) bond motifs is 2. The third-order valence-corrected chi connectivity index (χ3v) is 14.0. The van der Waals surface area contributed by atoms with Gasteiger partial charge in [0.15, 0.2) is 0 Å². The quantitative estimate of drug-likeness (QED) is 0.0138. The summed E-state index contributed by atoms with van der Waals surface area (Å²) in [7, 11) is 1.28. The van der Waals surface area contributed by atoms with E-state index in [1.807, 2.05) is 21.1 Å². The van der Waals surface area contributed by atoms with E-state index in [0.29, 0.717) is 63.1 Å². The molecule has 2 aromatic carbocycles. The molecule has 0 aliphatic heterocycles. The number of esters is 4. The van der Waals surface area contributed by atoms with Crippen molar-refractivity contribution in [2.75, 3.05) is 66.4 Å². The fraction of sp³-hybridized carbons (Fsp3) is 0.620. The van der Waals surface area contributed by atoms with Crippen LogP contribution in [-0.4, -0.2) is 149 Å². The summed E-state index contributed by atoms with van der Waals surface area (Å²) in [6.07, 6.45) is 1.41. The average molecular weight is 1040 g/mol. The van der Waals surface area contributed by atoms with Crippen LogP contribution in [0.3, 0.4) is 0 Å². The van der Waals surface area contributed by atoms with Crippen LogP contribution in [0.2, 0.25) is 0 Å². The Balaban J connectivity index is 1.20. The number of benzene rings is 2. The lowest BCUT2D eigenvalue weighted by Gasteiger charge is -2.43. The minimum atomic E-state index is -4.44. The van der Waals surface area contributed by atoms with Gasteiger partial charge in [0.25, 0.3) is 27.0 Å². The van der Waals surface area contributed by atoms with Crippen LogP contribution < -0.4 is 16.4 Å². The van der Waals surface area contributed by atoms with Crippen LogP contribution in [0.5, 0.6) is 0 Å². The summed E-state index contributed by atoms with van der Waals surface area (Å²) in [5, 5.41) is 17.9. The van der Waals surface area contributed by atoms with Gasteiger partial charge in [0, 0.05) is 46.5 Å². The number of aromatic amines is 1. The van der Waals surface area contributed by atoms with Crippen molar-refractivity contribution < 1.29 is 65.5 Å². The highest BCUT2D eigenvalue weighted by molar-refractivity contribution is 7.85. The lowest BCUT2D eigenvalue weighted by atomic mass is 9.61. The van der Waals surface area contributed by atoms with Gasteiger partial charge in [-0.25, -0.2) is 14.5 Å². The van der Waals surface area contributed by atoms with Gasteiger partial charge in [-0.15, -0.1) is 0 Å². The maximum absolute atomic E-state index is 14.3. The van der Waals surface area contributed by atoms with Crippen LogP contribution >= 0.6 is 0 Å². The lowest BCUT2D eigenvalue weighted by Crippen LogP contribution is -2.51. The molecule has 5 rings (SSSR count). The van der Waals surface area contributed by atoms with E-state index < -0.39 is 91.1 Å². The zero-order chi connectivity index (χ0) is 54.3. The van der Waals surface area contributed by atoms with Gasteiger partial charge < -0.3 is 33.9 Å². The summed E-state index contributed by atoms with van der Waals surface area (Å²) in [4.78, 5) is 105. The molecule has 5 aromatic rings. The van der Waals surface area contributed by atoms with E-state index in [2.05, 4.69) is 20.4 Å². The Morgan fingerprint density at radius 2 is 1.38 bits per heavy atom. The number of nitrogens with zero attached hydrogens (tertiary/aromatic N) is 5. The van der Waals surface area contributed by atoms with Crippen molar-refractivity contribution in [3.63, 3.8) is 0 Å². The molecule has 0 saturated carbocycles. The molecule has 0 bridgehead atoms. The number of H-pyrrole nitrogens is 1. The normalized spacial score (nSPS) is 15.4. The average Bonchev–Trinajstić information content (AvgIpc) is 3.77. The molecule has 0 fully saturated rings. The van der Waals surface area contributed by atoms with E-state index in [9.17, 15) is 47.1 Å². The Kier molecular flexibility index (Phi) is 18.2. The molecular formula is C50H72N7O15S+. The zero-order valence-corrected chi connectivity index (χ0v) is 44.4. The number of amides is 1. The molecule has 0 saturated heterocycles. The molecule has 4 atom stereocenters. The van der Waals surface area contributed by atoms with Crippen LogP contribution in [0.4, 0.5) is 0 Å². The van der Waals surface area contributed by atoms with Gasteiger partial charge in [-0.3, -0.25) is 47.8 Å². The number of aliphatic hydroxyl groups excluding tert-OH is 1. The fourth-order valence-electron chi connectivity index (χ4n) is 9.57. The van der Waals surface area contributed by atoms with E-state index in [-0.39, 0.29) is 65.0 Å². The van der Waals surface area contributed by atoms with Gasteiger partial charge in [0.1, 0.15) is 45.1 Å². The summed E-state index contributed by atoms with van der Waals surface area (Å²) < 4.78 is 57.1. The molecule has 22 nitrogen and oxygen atoms in total. The van der Waals surface area contributed by atoms with Gasteiger partial charge >= 0.3 is 23.9 Å². The third kappa shape index (κ3) is 14.4. The molecule has 3 aromatic heterocycles. The van der Waals surface area contributed by atoms with E-state index in [1.165, 1.54) is 31.7 Å². The number of aromatic nitrogens is 5. The van der Waals surface area contributed by atoms with Gasteiger partial charge in [-0.2, -0.15) is 8.42 Å². The SMILES string of the molecule is CCC(C)(CC(C)(CC(C)(CC(C)(C)C(=O)OCCS(=O)(=O)O)C(=O)OCC[N+](C)(C)C)C(=O)NCC(C)O)C(=O)OCCOC(=O)CCCCCn1c(=O)c2ccc3nc4nc[nH]n4c4ccc(c1=O)c2c34. The van der Waals surface area contributed by atoms with Gasteiger partial charge in [-0.05, 0) is 97.4 Å². The van der Waals surface area contributed by atoms with Gasteiger partial charge in [-0.1, -0.05) is 20.3 Å². The number of pyridine rings is 1. The topological polar surface area (TPSA) is 294 Å². The van der Waals surface area contributed by atoms with E-state index in [1.54, 1.807) is 56.5 Å². The first-order valence-electron chi connectivity index (χ1n) is 24.5. The second-order valence-electron chi connectivity index (χ2n) is 21.7. The van der Waals surface area contributed by atoms with Crippen LogP contribution in [0, 0.1) is 21.7 Å². The predicted octanol–water partition coefficient (Wildman–Crippen LogP) is 3.93. The standard InChI is InChI=1S/C50H71N7O15S/c1-11-48(5,29-49(6,42(62)51-27-32(2)58)30-50(7,45(65)70-22-21-57(8,9)10)28-47(3,4)43(63)72-25-26-73(66,67)68)44(64)71-24-23-69-37(59)15-13-12-14-20-55-40(60)33-16-18-35-39-36(56-46(54-35)52-31-53-56)19-17-34(38(33)39)41(55)61/h16-19,31-32,58H,11-15,20-30H2,1-10H3,(H2-,51,52,53,54,60,61,62,66,67,68)/p+1. The number of aliphatic hydroxyl groups is 1. The molecule has 73 heavy (non-hydrogen) atoms. The Bertz CT molecular complexity index is 3020. The number of rotatable bonds is 28. The Morgan fingerprint density at radius 1 is 0.781 bits per heavy atom. The number of quaternary nitrogens is 1. The highest BCUT2D eigenvalue weighted by Crippen LogP contribution is 2.49. The van der Waals surface area contributed by atoms with E-state index in [0.717, 1.165) is 5.52 Å². The monoisotopic (exact) mass is 1040 g/mol. The molecule has 3 heterocycles. The minimum Gasteiger partial charge on any atom is -0.464 e. The van der Waals surface area contributed by atoms with Crippen molar-refractivity contribution in [1.82, 2.24) is 29.5 Å². The van der Waals surface area contributed by atoms with Gasteiger partial charge in [0.2, 0.25) is 5.91 Å². The summed E-state index contributed by atoms with van der Waals surface area (Å²) in [6, 6.07) is 6.91. The van der Waals surface area contributed by atoms with Crippen molar-refractivity contribution in [3.8, 4) is 0 Å². The molecule has 0 aliphatic rings. The number of carbonyl (C=O) groups is 5. The Hall–Kier alpha value is -6.04. The first-order chi connectivity index (χ1) is 33.9. The number of hydrogen-bond donors (Lipinski definition) is 4. The second kappa shape index (κ2) is 23.0. The molecule has 0 spiro atoms. The molecule has 0 radical (unpaired) electrons. The molecule has 4 N–H and O–H groups in total. The van der Waals surface area contributed by atoms with Crippen molar-refractivity contribution in [3.05, 3.63) is 51.3 Å². The number of nitrogens with one attached hydrogen (secondary N) is 2. The smallest absolute Gasteiger partial charge is 0.312 e. The first kappa shape index (κ1) is 57.9. The number of hydrogen-bond acceptors (Lipinski definition) is 16. The first-order valence-corrected chi connectivity index (χ1v) is 26.1. The van der Waals surface area contributed by atoms with Crippen LogP contribution in [0.25, 0.3) is 38.4 Å². The Labute approximate surface area is 423 Å². The molecule has 1 amide bonds. The van der Waals surface area contributed by atoms with E-state index >= 15 is 0 Å². The Morgan fingerprint density at radius 3 is 2.01 bits per heavy atom. The minimum absolute atomic E-state index is 0.00389. The van der Waals surface area contributed by atoms with Crippen molar-refractivity contribution in [1.29, 1.82) is 0 Å². The lowest BCUT2D eigenvalue weighted by molar-refractivity contribution is -0.870. The maximum Gasteiger partial charge on any atom is 0.312 e. The second-order valence-corrected chi connectivity index (χ2v) is 23.2. The summed E-state index contributed by atoms with van der Waals surface area (Å²) in [5.41, 5.74) is -5.46. The number of carbonyl (C=O) groups excluding carboxylic acids is 5. The third-order valence-electron chi connectivity index (χ3n) is 13.3. The van der Waals surface area contributed by atoms with Crippen LogP contribution in [0.15, 0.2) is 40.2 Å². The highest BCUT2D eigenvalue weighted by Gasteiger charge is 2.53. The molecule has 23 heteroatoms. The predicted molar refractivity (Wildman–Crippen MR) is 270 cm³/mol. The zero-order valence-electron chi connectivity index (χ0n) is 43.6. The number of ether oxygens (including phenoxy) is 4. The van der Waals surface area contributed by atoms with Crippen molar-refractivity contribution in [2.24, 2.45) is 21.7 Å². The van der Waals surface area contributed by atoms with E-state index in [4.69, 9.17) is 23.5 Å². The summed E-state index contributed by atoms with van der Waals surface area (Å²) >= 11 is 0. The highest BCUT2D eigenvalue weighted by atomic mass is 32.2. The van der Waals surface area contributed by atoms with Gasteiger partial charge in [0.05, 0.1) is 54.5 Å². The molecule has 0 aliphatic carbocycles. The molecule has 402 valence electrons. The van der Waals surface area contributed by atoms with Crippen molar-refractivity contribution in [2.45, 2.75) is 112 Å². The van der Waals surface area contributed by atoms with Crippen LogP contribution in [0.1, 0.15) is 99.8 Å². The fourth-order valence-corrected chi connectivity index (χ4v) is 9.87.